The van der Waals surface area contributed by atoms with Gasteiger partial charge in [-0.05, 0) is 11.5 Å². The molecule has 0 N–H and O–H groups in total. The molecule has 0 aliphatic carbocycles. The first-order chi connectivity index (χ1) is 7.09. The van der Waals surface area contributed by atoms with Crippen molar-refractivity contribution < 1.29 is 0 Å². The monoisotopic (exact) mass is 238 g/mol. The highest BCUT2D eigenvalue weighted by Crippen LogP contribution is 2.07. The van der Waals surface area contributed by atoms with Gasteiger partial charge in [-0.15, -0.1) is 0 Å². The van der Waals surface area contributed by atoms with Crippen LogP contribution in [0.4, 0.5) is 0 Å². The summed E-state index contributed by atoms with van der Waals surface area (Å²) in [5.74, 6) is 0.578. The van der Waals surface area contributed by atoms with Crippen LogP contribution in [0.5, 0.6) is 0 Å². The highest BCUT2D eigenvalue weighted by Gasteiger charge is 2.04. The minimum absolute atomic E-state index is 0.563. The number of hydrogen-bond acceptors (Lipinski definition) is 2. The van der Waals surface area contributed by atoms with Crippen LogP contribution in [0.3, 0.4) is 0 Å². The Morgan fingerprint density at radius 1 is 1.33 bits per heavy atom. The second-order valence-electron chi connectivity index (χ2n) is 4.03. The van der Waals surface area contributed by atoms with Crippen molar-refractivity contribution in [3.8, 4) is 0 Å². The van der Waals surface area contributed by atoms with E-state index in [1.807, 2.05) is 18.2 Å². The van der Waals surface area contributed by atoms with Crippen molar-refractivity contribution in [3.63, 3.8) is 0 Å². The highest BCUT2D eigenvalue weighted by atomic mass is 32.1. The average Bonchev–Trinajstić information content (AvgIpc) is 2.17. The van der Waals surface area contributed by atoms with E-state index in [0.29, 0.717) is 10.2 Å². The van der Waals surface area contributed by atoms with E-state index in [1.165, 1.54) is 5.56 Å². The molecule has 0 saturated heterocycles. The molecule has 0 aromatic heterocycles. The molecule has 3 heteroatoms. The van der Waals surface area contributed by atoms with Gasteiger partial charge in [0.25, 0.3) is 0 Å². The van der Waals surface area contributed by atoms with Crippen LogP contribution >= 0.6 is 12.2 Å². The molecule has 1 rings (SSSR count). The molecule has 0 spiro atoms. The molecule has 0 heterocycles. The standard InChI is InChI=1S/C12H17NS2/c1-10(2)8-13(12(14)15)9-11-6-4-3-5-7-11/h3-7,10H,8-9H2,1-2H3,(H,14,15)/p-1. The van der Waals surface area contributed by atoms with Crippen molar-refractivity contribution in [2.75, 3.05) is 6.54 Å². The Morgan fingerprint density at radius 2 is 1.93 bits per heavy atom. The lowest BCUT2D eigenvalue weighted by Gasteiger charge is -2.30. The van der Waals surface area contributed by atoms with Crippen molar-refractivity contribution >= 4 is 29.2 Å². The minimum atomic E-state index is 0.563. The van der Waals surface area contributed by atoms with E-state index < -0.39 is 0 Å². The van der Waals surface area contributed by atoms with E-state index in [4.69, 9.17) is 24.8 Å². The summed E-state index contributed by atoms with van der Waals surface area (Å²) in [5.41, 5.74) is 1.25. The quantitative estimate of drug-likeness (QED) is 0.586. The van der Waals surface area contributed by atoms with E-state index >= 15 is 0 Å². The van der Waals surface area contributed by atoms with Crippen LogP contribution in [0.25, 0.3) is 0 Å². The Hall–Kier alpha value is -0.670. The lowest BCUT2D eigenvalue weighted by molar-refractivity contribution is 0.371. The molecule has 0 amide bonds. The summed E-state index contributed by atoms with van der Waals surface area (Å²) in [6, 6.07) is 10.3. The second-order valence-corrected chi connectivity index (χ2v) is 5.06. The molecule has 0 unspecified atom stereocenters. The third kappa shape index (κ3) is 4.58. The molecular weight excluding hydrogens is 222 g/mol. The number of nitrogens with zero attached hydrogens (tertiary/aromatic N) is 1. The van der Waals surface area contributed by atoms with Crippen molar-refractivity contribution in [1.82, 2.24) is 4.90 Å². The Kier molecular flexibility index (Phi) is 4.99. The maximum Gasteiger partial charge on any atom is 0.0414 e. The van der Waals surface area contributed by atoms with Gasteiger partial charge < -0.3 is 29.7 Å². The molecule has 1 aromatic rings. The Balaban J connectivity index is 2.63. The van der Waals surface area contributed by atoms with Crippen molar-refractivity contribution in [1.29, 1.82) is 0 Å². The summed E-state index contributed by atoms with van der Waals surface area (Å²) in [4.78, 5) is 2.07. The summed E-state index contributed by atoms with van der Waals surface area (Å²) < 4.78 is 0.563. The van der Waals surface area contributed by atoms with Gasteiger partial charge in [0.2, 0.25) is 0 Å². The highest BCUT2D eigenvalue weighted by molar-refractivity contribution is 8.00. The van der Waals surface area contributed by atoms with Gasteiger partial charge in [-0.1, -0.05) is 48.5 Å². The topological polar surface area (TPSA) is 3.24 Å². The Bertz CT molecular complexity index is 309. The van der Waals surface area contributed by atoms with Crippen LogP contribution in [-0.2, 0) is 19.2 Å². The maximum atomic E-state index is 5.08. The smallest absolute Gasteiger partial charge is 0.0414 e. The number of rotatable bonds is 4. The molecule has 1 aromatic carbocycles. The molecule has 15 heavy (non-hydrogen) atoms. The molecule has 0 bridgehead atoms. The first kappa shape index (κ1) is 12.4. The second kappa shape index (κ2) is 6.03. The van der Waals surface area contributed by atoms with Crippen molar-refractivity contribution in [2.24, 2.45) is 5.92 Å². The lowest BCUT2D eigenvalue weighted by atomic mass is 10.2. The molecule has 0 aliphatic heterocycles. The van der Waals surface area contributed by atoms with Gasteiger partial charge in [0.1, 0.15) is 0 Å². The summed E-state index contributed by atoms with van der Waals surface area (Å²) in [7, 11) is 0. The molecule has 0 radical (unpaired) electrons. The fourth-order valence-electron chi connectivity index (χ4n) is 1.45. The average molecular weight is 238 g/mol. The van der Waals surface area contributed by atoms with E-state index in [9.17, 15) is 0 Å². The SMILES string of the molecule is CC(C)CN(Cc1ccccc1)C(=S)[S-]. The van der Waals surface area contributed by atoms with E-state index in [2.05, 4.69) is 30.9 Å². The molecule has 0 atom stereocenters. The summed E-state index contributed by atoms with van der Waals surface area (Å²) in [5, 5.41) is 0. The summed E-state index contributed by atoms with van der Waals surface area (Å²) in [6.45, 7) is 6.09. The minimum Gasteiger partial charge on any atom is -0.411 e. The van der Waals surface area contributed by atoms with Crippen LogP contribution in [0, 0.1) is 5.92 Å². The van der Waals surface area contributed by atoms with Crippen LogP contribution in [0.1, 0.15) is 19.4 Å². The van der Waals surface area contributed by atoms with E-state index in [0.717, 1.165) is 13.1 Å². The first-order valence-electron chi connectivity index (χ1n) is 5.09. The molecule has 0 fully saturated rings. The zero-order chi connectivity index (χ0) is 11.3. The first-order valence-corrected chi connectivity index (χ1v) is 5.91. The summed E-state index contributed by atoms with van der Waals surface area (Å²) >= 11 is 10.2. The van der Waals surface area contributed by atoms with Gasteiger partial charge in [0, 0.05) is 13.1 Å². The van der Waals surface area contributed by atoms with Gasteiger partial charge in [0.05, 0.1) is 0 Å². The largest absolute Gasteiger partial charge is 0.411 e. The molecular formula is C12H16NS2-. The molecule has 82 valence electrons. The fraction of sp³-hybridized carbons (Fsp3) is 0.417. The maximum absolute atomic E-state index is 5.08. The lowest BCUT2D eigenvalue weighted by Crippen LogP contribution is -2.31. The van der Waals surface area contributed by atoms with Crippen molar-refractivity contribution in [2.45, 2.75) is 20.4 Å². The van der Waals surface area contributed by atoms with Gasteiger partial charge in [-0.2, -0.15) is 0 Å². The number of thiocarbonyl (C=S) groups is 1. The molecule has 0 saturated carbocycles. The molecule has 0 aliphatic rings. The zero-order valence-corrected chi connectivity index (χ0v) is 10.8. The predicted molar refractivity (Wildman–Crippen MR) is 71.7 cm³/mol. The normalized spacial score (nSPS) is 10.3. The zero-order valence-electron chi connectivity index (χ0n) is 9.14. The Labute approximate surface area is 103 Å². The van der Waals surface area contributed by atoms with Crippen LogP contribution < -0.4 is 0 Å². The van der Waals surface area contributed by atoms with Crippen LogP contribution in [0.2, 0.25) is 0 Å². The number of hydrogen-bond donors (Lipinski definition) is 0. The number of benzene rings is 1. The van der Waals surface area contributed by atoms with Gasteiger partial charge >= 0.3 is 0 Å². The van der Waals surface area contributed by atoms with E-state index in [1.54, 1.807) is 0 Å². The third-order valence-corrected chi connectivity index (χ3v) is 2.58. The van der Waals surface area contributed by atoms with Gasteiger partial charge in [-0.3, -0.25) is 0 Å². The van der Waals surface area contributed by atoms with E-state index in [-0.39, 0.29) is 0 Å². The van der Waals surface area contributed by atoms with Crippen LogP contribution in [-0.4, -0.2) is 15.8 Å². The van der Waals surface area contributed by atoms with Crippen molar-refractivity contribution in [3.05, 3.63) is 35.9 Å². The summed E-state index contributed by atoms with van der Waals surface area (Å²) in [6.07, 6.45) is 0. The third-order valence-electron chi connectivity index (χ3n) is 2.06. The molecule has 1 nitrogen and oxygen atoms in total. The van der Waals surface area contributed by atoms with Gasteiger partial charge in [0.15, 0.2) is 0 Å². The fourth-order valence-corrected chi connectivity index (χ4v) is 1.73. The predicted octanol–water partition coefficient (Wildman–Crippen LogP) is 2.98. The van der Waals surface area contributed by atoms with Gasteiger partial charge in [-0.25, -0.2) is 0 Å². The van der Waals surface area contributed by atoms with Crippen LogP contribution in [0.15, 0.2) is 30.3 Å². The Morgan fingerprint density at radius 3 is 2.40 bits per heavy atom.